The Bertz CT molecular complexity index is 606. The molecule has 1 atom stereocenters. The van der Waals surface area contributed by atoms with Crippen LogP contribution in [-0.2, 0) is 16.1 Å². The maximum absolute atomic E-state index is 12.6. The topological polar surface area (TPSA) is 95.7 Å². The number of nitrogens with one attached hydrogen (secondary N) is 1. The van der Waals surface area contributed by atoms with Crippen LogP contribution in [0.1, 0.15) is 31.7 Å². The molecule has 0 radical (unpaired) electrons. The maximum Gasteiger partial charge on any atom is 0.312 e. The molecule has 1 saturated heterocycles. The van der Waals surface area contributed by atoms with E-state index in [1.165, 1.54) is 0 Å². The van der Waals surface area contributed by atoms with Gasteiger partial charge in [-0.05, 0) is 12.0 Å². The fraction of sp³-hybridized carbons (Fsp3) is 0.500. The molecule has 0 bridgehead atoms. The third kappa shape index (κ3) is 5.48. The first-order valence-electron chi connectivity index (χ1n) is 8.65. The lowest BCUT2D eigenvalue weighted by Crippen LogP contribution is -2.44. The van der Waals surface area contributed by atoms with Crippen molar-refractivity contribution in [1.29, 1.82) is 0 Å². The summed E-state index contributed by atoms with van der Waals surface area (Å²) in [6.07, 6.45) is 1.28. The van der Waals surface area contributed by atoms with E-state index in [0.717, 1.165) is 12.0 Å². The lowest BCUT2D eigenvalue weighted by atomic mass is 10.1. The Labute approximate surface area is 148 Å². The molecule has 0 aliphatic carbocycles. The van der Waals surface area contributed by atoms with Gasteiger partial charge < -0.3 is 20.9 Å². The van der Waals surface area contributed by atoms with Crippen LogP contribution in [0.5, 0.6) is 0 Å². The SMILES string of the molecule is CC[C@H]1CN(C(=O)CCNC(N)=O)CCC(=O)N1Cc1ccccc1. The number of urea groups is 1. The third-order valence-corrected chi connectivity index (χ3v) is 4.45. The highest BCUT2D eigenvalue weighted by Crippen LogP contribution is 2.18. The monoisotopic (exact) mass is 346 g/mol. The average molecular weight is 346 g/mol. The zero-order chi connectivity index (χ0) is 18.2. The minimum Gasteiger partial charge on any atom is -0.352 e. The van der Waals surface area contributed by atoms with E-state index in [-0.39, 0.29) is 30.8 Å². The smallest absolute Gasteiger partial charge is 0.312 e. The first kappa shape index (κ1) is 18.8. The number of carbonyl (C=O) groups is 3. The van der Waals surface area contributed by atoms with Gasteiger partial charge in [0.15, 0.2) is 0 Å². The molecule has 136 valence electrons. The van der Waals surface area contributed by atoms with Crippen molar-refractivity contribution in [2.75, 3.05) is 19.6 Å². The largest absolute Gasteiger partial charge is 0.352 e. The van der Waals surface area contributed by atoms with Crippen molar-refractivity contribution in [2.45, 2.75) is 38.8 Å². The molecule has 1 aromatic rings. The van der Waals surface area contributed by atoms with Gasteiger partial charge in [-0.3, -0.25) is 9.59 Å². The summed E-state index contributed by atoms with van der Waals surface area (Å²) in [5.41, 5.74) is 6.09. The molecule has 1 fully saturated rings. The van der Waals surface area contributed by atoms with Gasteiger partial charge in [0.25, 0.3) is 0 Å². The predicted octanol–water partition coefficient (Wildman–Crippen LogP) is 1.08. The second-order valence-corrected chi connectivity index (χ2v) is 6.20. The van der Waals surface area contributed by atoms with E-state index < -0.39 is 6.03 Å². The van der Waals surface area contributed by atoms with E-state index in [1.807, 2.05) is 42.2 Å². The van der Waals surface area contributed by atoms with Gasteiger partial charge >= 0.3 is 6.03 Å². The molecule has 4 amide bonds. The summed E-state index contributed by atoms with van der Waals surface area (Å²) < 4.78 is 0. The van der Waals surface area contributed by atoms with Crippen LogP contribution in [0, 0.1) is 0 Å². The number of nitrogens with zero attached hydrogens (tertiary/aromatic N) is 2. The number of primary amides is 1. The number of nitrogens with two attached hydrogens (primary N) is 1. The summed E-state index contributed by atoms with van der Waals surface area (Å²) in [6, 6.07) is 9.22. The molecule has 1 heterocycles. The Morgan fingerprint density at radius 2 is 2.00 bits per heavy atom. The molecule has 1 aromatic carbocycles. The first-order valence-corrected chi connectivity index (χ1v) is 8.65. The third-order valence-electron chi connectivity index (χ3n) is 4.45. The van der Waals surface area contributed by atoms with Crippen molar-refractivity contribution < 1.29 is 14.4 Å². The molecular formula is C18H26N4O3. The second kappa shape index (κ2) is 9.05. The fourth-order valence-electron chi connectivity index (χ4n) is 3.05. The van der Waals surface area contributed by atoms with Crippen molar-refractivity contribution in [3.63, 3.8) is 0 Å². The number of benzene rings is 1. The van der Waals surface area contributed by atoms with Crippen molar-refractivity contribution >= 4 is 17.8 Å². The van der Waals surface area contributed by atoms with Crippen LogP contribution in [-0.4, -0.2) is 53.3 Å². The molecule has 7 heteroatoms. The molecule has 0 aromatic heterocycles. The van der Waals surface area contributed by atoms with E-state index in [4.69, 9.17) is 5.73 Å². The van der Waals surface area contributed by atoms with Gasteiger partial charge in [0.05, 0.1) is 0 Å². The molecule has 3 N–H and O–H groups in total. The summed E-state index contributed by atoms with van der Waals surface area (Å²) in [4.78, 5) is 39.2. The molecule has 7 nitrogen and oxygen atoms in total. The Hall–Kier alpha value is -2.57. The standard InChI is InChI=1S/C18H26N4O3/c1-2-15-13-21(16(23)8-10-20-18(19)25)11-9-17(24)22(15)12-14-6-4-3-5-7-14/h3-7,15H,2,8-13H2,1H3,(H3,19,20,25)/t15-/m0/s1. The van der Waals surface area contributed by atoms with Gasteiger partial charge in [-0.2, -0.15) is 0 Å². The van der Waals surface area contributed by atoms with E-state index in [2.05, 4.69) is 5.32 Å². The van der Waals surface area contributed by atoms with Crippen LogP contribution < -0.4 is 11.1 Å². The highest BCUT2D eigenvalue weighted by atomic mass is 16.2. The van der Waals surface area contributed by atoms with Crippen LogP contribution in [0.25, 0.3) is 0 Å². The number of hydrogen-bond acceptors (Lipinski definition) is 3. The Balaban J connectivity index is 2.01. The first-order chi connectivity index (χ1) is 12.0. The van der Waals surface area contributed by atoms with Crippen molar-refractivity contribution in [3.8, 4) is 0 Å². The van der Waals surface area contributed by atoms with Crippen molar-refractivity contribution in [1.82, 2.24) is 15.1 Å². The summed E-state index contributed by atoms with van der Waals surface area (Å²) in [5, 5.41) is 2.42. The number of hydrogen-bond donors (Lipinski definition) is 2. The van der Waals surface area contributed by atoms with Gasteiger partial charge in [0.1, 0.15) is 0 Å². The number of rotatable bonds is 6. The van der Waals surface area contributed by atoms with E-state index >= 15 is 0 Å². The van der Waals surface area contributed by atoms with Crippen LogP contribution >= 0.6 is 0 Å². The Morgan fingerprint density at radius 3 is 2.64 bits per heavy atom. The van der Waals surface area contributed by atoms with Gasteiger partial charge in [-0.15, -0.1) is 0 Å². The molecule has 0 saturated carbocycles. The average Bonchev–Trinajstić information content (AvgIpc) is 2.75. The van der Waals surface area contributed by atoms with E-state index in [1.54, 1.807) is 4.90 Å². The Kier molecular flexibility index (Phi) is 6.80. The quantitative estimate of drug-likeness (QED) is 0.807. The van der Waals surface area contributed by atoms with Crippen LogP contribution in [0.15, 0.2) is 30.3 Å². The molecule has 25 heavy (non-hydrogen) atoms. The molecule has 0 spiro atoms. The highest BCUT2D eigenvalue weighted by Gasteiger charge is 2.30. The summed E-state index contributed by atoms with van der Waals surface area (Å²) >= 11 is 0. The van der Waals surface area contributed by atoms with Crippen LogP contribution in [0.2, 0.25) is 0 Å². The van der Waals surface area contributed by atoms with Crippen molar-refractivity contribution in [3.05, 3.63) is 35.9 Å². The molecule has 1 aliphatic rings. The number of amides is 4. The lowest BCUT2D eigenvalue weighted by Gasteiger charge is -2.31. The van der Waals surface area contributed by atoms with Gasteiger partial charge in [-0.1, -0.05) is 37.3 Å². The van der Waals surface area contributed by atoms with Gasteiger partial charge in [0, 0.05) is 45.1 Å². The minimum absolute atomic E-state index is 0.0109. The predicted molar refractivity (Wildman–Crippen MR) is 94.5 cm³/mol. The Morgan fingerprint density at radius 1 is 1.28 bits per heavy atom. The zero-order valence-corrected chi connectivity index (χ0v) is 14.6. The van der Waals surface area contributed by atoms with Gasteiger partial charge in [0.2, 0.25) is 11.8 Å². The lowest BCUT2D eigenvalue weighted by molar-refractivity contribution is -0.133. The van der Waals surface area contributed by atoms with E-state index in [0.29, 0.717) is 26.1 Å². The maximum atomic E-state index is 12.6. The summed E-state index contributed by atoms with van der Waals surface area (Å²) in [7, 11) is 0. The zero-order valence-electron chi connectivity index (χ0n) is 14.6. The molecule has 0 unspecified atom stereocenters. The van der Waals surface area contributed by atoms with Crippen LogP contribution in [0.3, 0.4) is 0 Å². The molecule has 1 aliphatic heterocycles. The fourth-order valence-corrected chi connectivity index (χ4v) is 3.05. The highest BCUT2D eigenvalue weighted by molar-refractivity contribution is 5.81. The van der Waals surface area contributed by atoms with Crippen molar-refractivity contribution in [2.24, 2.45) is 5.73 Å². The summed E-state index contributed by atoms with van der Waals surface area (Å²) in [6.45, 7) is 3.73. The van der Waals surface area contributed by atoms with Crippen LogP contribution in [0.4, 0.5) is 4.79 Å². The minimum atomic E-state index is -0.640. The van der Waals surface area contributed by atoms with E-state index in [9.17, 15) is 14.4 Å². The normalized spacial score (nSPS) is 18.0. The summed E-state index contributed by atoms with van der Waals surface area (Å²) in [5.74, 6) is 0.00262. The molecular weight excluding hydrogens is 320 g/mol. The number of carbonyl (C=O) groups excluding carboxylic acids is 3. The van der Waals surface area contributed by atoms with Gasteiger partial charge in [-0.25, -0.2) is 4.79 Å². The molecule has 2 rings (SSSR count). The second-order valence-electron chi connectivity index (χ2n) is 6.20.